The van der Waals surface area contributed by atoms with Gasteiger partial charge in [0.05, 0.1) is 12.1 Å². The fourth-order valence-electron chi connectivity index (χ4n) is 1.82. The number of hydrogen-bond donors (Lipinski definition) is 3. The molecular weight excluding hydrogens is 256 g/mol. The van der Waals surface area contributed by atoms with Crippen molar-refractivity contribution in [3.05, 3.63) is 35.0 Å². The minimum absolute atomic E-state index is 0.288. The van der Waals surface area contributed by atoms with Crippen LogP contribution in [0.15, 0.2) is 16.5 Å². The van der Waals surface area contributed by atoms with Crippen LogP contribution in [0.3, 0.4) is 0 Å². The number of aromatic nitrogens is 2. The molecule has 4 N–H and O–H groups in total. The first-order valence-electron chi connectivity index (χ1n) is 6.14. The highest BCUT2D eigenvalue weighted by Gasteiger charge is 2.11. The molecule has 2 aromatic heterocycles. The lowest BCUT2D eigenvalue weighted by Crippen LogP contribution is -2.15. The van der Waals surface area contributed by atoms with Crippen LogP contribution in [0.5, 0.6) is 0 Å². The number of anilines is 2. The smallest absolute Gasteiger partial charge is 0.203 e. The quantitative estimate of drug-likeness (QED) is 0.748. The van der Waals surface area contributed by atoms with Gasteiger partial charge in [-0.3, -0.25) is 0 Å². The molecule has 0 aromatic carbocycles. The Hall–Kier alpha value is -2.59. The molecule has 2 heterocycles. The second-order valence-corrected chi connectivity index (χ2v) is 4.24. The Morgan fingerprint density at radius 3 is 2.80 bits per heavy atom. The summed E-state index contributed by atoms with van der Waals surface area (Å²) in [5.74, 6) is 2.66. The lowest BCUT2D eigenvalue weighted by Gasteiger charge is -2.12. The van der Waals surface area contributed by atoms with E-state index >= 15 is 0 Å². The first-order chi connectivity index (χ1) is 9.63. The number of nitrogens with two attached hydrogens (primary N) is 1. The fourth-order valence-corrected chi connectivity index (χ4v) is 1.82. The number of nitrogens with one attached hydrogen (secondary N) is 2. The van der Waals surface area contributed by atoms with E-state index in [2.05, 4.69) is 20.6 Å². The maximum atomic E-state index is 8.71. The maximum Gasteiger partial charge on any atom is 0.203 e. The van der Waals surface area contributed by atoms with Gasteiger partial charge in [-0.15, -0.1) is 0 Å². The summed E-state index contributed by atoms with van der Waals surface area (Å²) < 4.78 is 5.30. The van der Waals surface area contributed by atoms with Crippen molar-refractivity contribution in [2.45, 2.75) is 20.0 Å². The standard InChI is InChI=1S/C13H16N6O/c1-8-18-12(15)11(7-16-2)13(19-8)17-6-10-4-3-9(5-14)20-10/h3-4,16H,6-7H2,1-2H3,(H3,15,17,18,19). The summed E-state index contributed by atoms with van der Waals surface area (Å²) in [7, 11) is 1.83. The van der Waals surface area contributed by atoms with Crippen molar-refractivity contribution in [1.29, 1.82) is 5.26 Å². The van der Waals surface area contributed by atoms with Crippen LogP contribution in [-0.4, -0.2) is 17.0 Å². The van der Waals surface area contributed by atoms with Gasteiger partial charge in [0.1, 0.15) is 29.3 Å². The van der Waals surface area contributed by atoms with Crippen LogP contribution in [0.2, 0.25) is 0 Å². The molecule has 0 fully saturated rings. The Kier molecular flexibility index (Phi) is 4.17. The lowest BCUT2D eigenvalue weighted by molar-refractivity contribution is 0.505. The largest absolute Gasteiger partial charge is 0.449 e. The van der Waals surface area contributed by atoms with E-state index in [0.717, 1.165) is 5.56 Å². The number of nitriles is 1. The summed E-state index contributed by atoms with van der Waals surface area (Å²) >= 11 is 0. The van der Waals surface area contributed by atoms with Gasteiger partial charge in [0, 0.05) is 6.54 Å². The minimum atomic E-state index is 0.288. The zero-order valence-corrected chi connectivity index (χ0v) is 11.4. The molecule has 0 spiro atoms. The Labute approximate surface area is 116 Å². The van der Waals surface area contributed by atoms with Gasteiger partial charge in [-0.1, -0.05) is 0 Å². The third-order valence-electron chi connectivity index (χ3n) is 2.71. The number of furan rings is 1. The van der Waals surface area contributed by atoms with Crippen LogP contribution >= 0.6 is 0 Å². The van der Waals surface area contributed by atoms with E-state index in [9.17, 15) is 0 Å². The fraction of sp³-hybridized carbons (Fsp3) is 0.308. The average molecular weight is 272 g/mol. The molecule has 0 aliphatic carbocycles. The van der Waals surface area contributed by atoms with Gasteiger partial charge in [0.25, 0.3) is 0 Å². The highest BCUT2D eigenvalue weighted by Crippen LogP contribution is 2.19. The van der Waals surface area contributed by atoms with Crippen molar-refractivity contribution in [3.8, 4) is 6.07 Å². The van der Waals surface area contributed by atoms with Gasteiger partial charge in [-0.05, 0) is 26.1 Å². The van der Waals surface area contributed by atoms with Gasteiger partial charge in [-0.25, -0.2) is 9.97 Å². The zero-order chi connectivity index (χ0) is 14.5. The molecule has 0 atom stereocenters. The van der Waals surface area contributed by atoms with Gasteiger partial charge in [0.2, 0.25) is 5.76 Å². The van der Waals surface area contributed by atoms with Gasteiger partial charge < -0.3 is 20.8 Å². The molecule has 7 nitrogen and oxygen atoms in total. The van der Waals surface area contributed by atoms with Crippen molar-refractivity contribution < 1.29 is 4.42 Å². The van der Waals surface area contributed by atoms with E-state index in [1.54, 1.807) is 19.1 Å². The van der Waals surface area contributed by atoms with E-state index in [4.69, 9.17) is 15.4 Å². The molecule has 2 rings (SSSR count). The van der Waals surface area contributed by atoms with E-state index in [1.165, 1.54) is 0 Å². The maximum absolute atomic E-state index is 8.71. The van der Waals surface area contributed by atoms with Crippen LogP contribution in [0.4, 0.5) is 11.6 Å². The predicted molar refractivity (Wildman–Crippen MR) is 74.7 cm³/mol. The van der Waals surface area contributed by atoms with Crippen molar-refractivity contribution in [1.82, 2.24) is 15.3 Å². The van der Waals surface area contributed by atoms with Crippen LogP contribution in [0.1, 0.15) is 22.9 Å². The molecule has 0 radical (unpaired) electrons. The molecule has 104 valence electrons. The number of nitrogen functional groups attached to an aromatic ring is 1. The number of rotatable bonds is 5. The van der Waals surface area contributed by atoms with Crippen LogP contribution < -0.4 is 16.4 Å². The highest BCUT2D eigenvalue weighted by molar-refractivity contribution is 5.55. The third kappa shape index (κ3) is 3.05. The van der Waals surface area contributed by atoms with E-state index in [0.29, 0.717) is 36.3 Å². The van der Waals surface area contributed by atoms with Crippen molar-refractivity contribution in [2.75, 3.05) is 18.1 Å². The summed E-state index contributed by atoms with van der Waals surface area (Å²) in [5, 5.41) is 14.9. The number of nitrogens with zero attached hydrogens (tertiary/aromatic N) is 3. The molecule has 0 unspecified atom stereocenters. The van der Waals surface area contributed by atoms with Crippen LogP contribution in [0.25, 0.3) is 0 Å². The van der Waals surface area contributed by atoms with Gasteiger partial charge in [0.15, 0.2) is 0 Å². The average Bonchev–Trinajstić information content (AvgIpc) is 2.88. The molecule has 0 saturated carbocycles. The zero-order valence-electron chi connectivity index (χ0n) is 11.4. The monoisotopic (exact) mass is 272 g/mol. The summed E-state index contributed by atoms with van der Waals surface area (Å²) in [5.41, 5.74) is 6.72. The Bertz CT molecular complexity index is 643. The summed E-state index contributed by atoms with van der Waals surface area (Å²) in [6.07, 6.45) is 0. The highest BCUT2D eigenvalue weighted by atomic mass is 16.3. The van der Waals surface area contributed by atoms with Crippen molar-refractivity contribution in [3.63, 3.8) is 0 Å². The van der Waals surface area contributed by atoms with Crippen LogP contribution in [-0.2, 0) is 13.1 Å². The first-order valence-corrected chi connectivity index (χ1v) is 6.14. The van der Waals surface area contributed by atoms with Crippen LogP contribution in [0, 0.1) is 18.3 Å². The van der Waals surface area contributed by atoms with E-state index < -0.39 is 0 Å². The van der Waals surface area contributed by atoms with E-state index in [-0.39, 0.29) is 5.76 Å². The molecule has 2 aromatic rings. The topological polar surface area (TPSA) is 113 Å². The third-order valence-corrected chi connectivity index (χ3v) is 2.71. The Morgan fingerprint density at radius 1 is 1.35 bits per heavy atom. The molecule has 20 heavy (non-hydrogen) atoms. The molecule has 0 aliphatic heterocycles. The Balaban J connectivity index is 2.17. The molecule has 0 amide bonds. The summed E-state index contributed by atoms with van der Waals surface area (Å²) in [6, 6.07) is 5.33. The second-order valence-electron chi connectivity index (χ2n) is 4.24. The summed E-state index contributed by atoms with van der Waals surface area (Å²) in [4.78, 5) is 8.49. The molecule has 0 saturated heterocycles. The van der Waals surface area contributed by atoms with E-state index in [1.807, 2.05) is 13.1 Å². The predicted octanol–water partition coefficient (Wildman–Crippen LogP) is 1.16. The molecule has 0 bridgehead atoms. The summed E-state index contributed by atoms with van der Waals surface area (Å²) in [6.45, 7) is 2.77. The second kappa shape index (κ2) is 6.04. The Morgan fingerprint density at radius 2 is 2.15 bits per heavy atom. The molecule has 0 aliphatic rings. The van der Waals surface area contributed by atoms with Crippen molar-refractivity contribution in [2.24, 2.45) is 0 Å². The lowest BCUT2D eigenvalue weighted by atomic mass is 10.2. The number of hydrogen-bond acceptors (Lipinski definition) is 7. The molecular formula is C13H16N6O. The SMILES string of the molecule is CNCc1c(N)nc(C)nc1NCc1ccc(C#N)o1. The normalized spacial score (nSPS) is 10.2. The number of aryl methyl sites for hydroxylation is 1. The molecule has 7 heteroatoms. The van der Waals surface area contributed by atoms with Crippen molar-refractivity contribution >= 4 is 11.6 Å². The van der Waals surface area contributed by atoms with Gasteiger partial charge >= 0.3 is 0 Å². The van der Waals surface area contributed by atoms with Gasteiger partial charge in [-0.2, -0.15) is 5.26 Å². The first kappa shape index (κ1) is 13.8. The minimum Gasteiger partial charge on any atom is -0.449 e.